The van der Waals surface area contributed by atoms with Crippen LogP contribution in [0.4, 0.5) is 5.69 Å². The van der Waals surface area contributed by atoms with Gasteiger partial charge in [0.1, 0.15) is 5.57 Å². The minimum Gasteiger partial charge on any atom is -0.493 e. The maximum Gasteiger partial charge on any atom is 0.344 e. The van der Waals surface area contributed by atoms with Crippen LogP contribution in [0, 0.1) is 0 Å². The Morgan fingerprint density at radius 1 is 1.20 bits per heavy atom. The number of methoxy groups -OCH3 is 1. The second kappa shape index (κ2) is 9.32. The molecule has 1 fully saturated rings. The van der Waals surface area contributed by atoms with Crippen molar-refractivity contribution in [3.05, 3.63) is 58.6 Å². The normalized spacial score (nSPS) is 14.6. The zero-order chi connectivity index (χ0) is 21.7. The average Bonchev–Trinajstić information content (AvgIpc) is 3.01. The lowest BCUT2D eigenvalue weighted by molar-refractivity contribution is -0.145. The van der Waals surface area contributed by atoms with Crippen molar-refractivity contribution in [2.24, 2.45) is 0 Å². The molecule has 0 spiro atoms. The fraction of sp³-hybridized carbons (Fsp3) is 0.190. The number of nitrogens with zero attached hydrogens (tertiary/aromatic N) is 1. The first-order valence-corrected chi connectivity index (χ1v) is 9.40. The highest BCUT2D eigenvalue weighted by Gasteiger charge is 2.34. The second-order valence-corrected chi connectivity index (χ2v) is 6.53. The van der Waals surface area contributed by atoms with E-state index < -0.39 is 17.8 Å². The maximum atomic E-state index is 12.8. The van der Waals surface area contributed by atoms with Gasteiger partial charge in [0.25, 0.3) is 11.8 Å². The van der Waals surface area contributed by atoms with Crippen LogP contribution in [-0.4, -0.2) is 38.1 Å². The standard InChI is InChI=1S/C21H19ClN2O6/c1-3-29-18(25)12-30-19-13(9-14(22)11-17(19)28-2)10-16-20(26)23-24(21(16)27)15-7-5-4-6-8-15/h4-11H,3,12H2,1-2H3,(H,23,26)/b16-10+. The summed E-state index contributed by atoms with van der Waals surface area (Å²) in [6, 6.07) is 11.7. The van der Waals surface area contributed by atoms with Gasteiger partial charge in [0.2, 0.25) is 0 Å². The molecule has 1 saturated heterocycles. The quantitative estimate of drug-likeness (QED) is 0.412. The van der Waals surface area contributed by atoms with E-state index in [0.717, 1.165) is 5.01 Å². The summed E-state index contributed by atoms with van der Waals surface area (Å²) in [6.45, 7) is 1.51. The predicted octanol–water partition coefficient (Wildman–Crippen LogP) is 2.75. The van der Waals surface area contributed by atoms with Gasteiger partial charge in [-0.1, -0.05) is 29.8 Å². The molecule has 2 aromatic carbocycles. The number of rotatable bonds is 7. The second-order valence-electron chi connectivity index (χ2n) is 6.10. The molecule has 1 N–H and O–H groups in total. The van der Waals surface area contributed by atoms with Crippen molar-refractivity contribution in [3.63, 3.8) is 0 Å². The number of nitrogens with one attached hydrogen (secondary N) is 1. The average molecular weight is 431 g/mol. The first-order valence-electron chi connectivity index (χ1n) is 9.02. The Hall–Kier alpha value is -3.52. The molecule has 0 aromatic heterocycles. The number of halogens is 1. The van der Waals surface area contributed by atoms with Crippen LogP contribution in [0.3, 0.4) is 0 Å². The van der Waals surface area contributed by atoms with Gasteiger partial charge in [-0.05, 0) is 31.2 Å². The number of para-hydroxylation sites is 1. The van der Waals surface area contributed by atoms with Gasteiger partial charge in [-0.3, -0.25) is 15.0 Å². The van der Waals surface area contributed by atoms with Crippen LogP contribution >= 0.6 is 11.6 Å². The molecular formula is C21H19ClN2O6. The summed E-state index contributed by atoms with van der Waals surface area (Å²) >= 11 is 6.14. The minimum atomic E-state index is -0.584. The molecule has 0 atom stereocenters. The summed E-state index contributed by atoms with van der Waals surface area (Å²) in [5.74, 6) is -1.30. The number of benzene rings is 2. The number of amides is 2. The highest BCUT2D eigenvalue weighted by atomic mass is 35.5. The van der Waals surface area contributed by atoms with Crippen molar-refractivity contribution in [1.82, 2.24) is 5.43 Å². The van der Waals surface area contributed by atoms with Crippen molar-refractivity contribution in [1.29, 1.82) is 0 Å². The summed E-state index contributed by atoms with van der Waals surface area (Å²) in [7, 11) is 1.41. The number of hydrazine groups is 1. The fourth-order valence-corrected chi connectivity index (χ4v) is 3.02. The third kappa shape index (κ3) is 4.55. The Bertz CT molecular complexity index is 1010. The molecule has 8 nitrogen and oxygen atoms in total. The molecule has 0 aliphatic carbocycles. The summed E-state index contributed by atoms with van der Waals surface area (Å²) in [4.78, 5) is 37.0. The molecule has 0 radical (unpaired) electrons. The lowest BCUT2D eigenvalue weighted by Gasteiger charge is -2.14. The van der Waals surface area contributed by atoms with E-state index in [1.54, 1.807) is 37.3 Å². The Balaban J connectivity index is 1.97. The molecule has 0 saturated carbocycles. The molecule has 2 amide bonds. The van der Waals surface area contributed by atoms with Crippen LogP contribution in [0.5, 0.6) is 11.5 Å². The SMILES string of the molecule is CCOC(=O)COc1c(/C=C2\C(=O)NN(c3ccccc3)C2=O)cc(Cl)cc1OC. The van der Waals surface area contributed by atoms with Gasteiger partial charge < -0.3 is 14.2 Å². The number of carbonyl (C=O) groups is 3. The van der Waals surface area contributed by atoms with Gasteiger partial charge in [-0.25, -0.2) is 9.80 Å². The number of anilines is 1. The van der Waals surface area contributed by atoms with E-state index in [2.05, 4.69) is 5.43 Å². The molecule has 0 unspecified atom stereocenters. The molecule has 2 aromatic rings. The van der Waals surface area contributed by atoms with E-state index in [0.29, 0.717) is 16.3 Å². The molecule has 30 heavy (non-hydrogen) atoms. The number of ether oxygens (including phenoxy) is 3. The maximum absolute atomic E-state index is 12.8. The van der Waals surface area contributed by atoms with Crippen molar-refractivity contribution in [2.75, 3.05) is 25.3 Å². The topological polar surface area (TPSA) is 94.2 Å². The molecule has 1 aliphatic rings. The van der Waals surface area contributed by atoms with Gasteiger partial charge >= 0.3 is 5.97 Å². The van der Waals surface area contributed by atoms with Crippen molar-refractivity contribution in [2.45, 2.75) is 6.92 Å². The number of esters is 1. The van der Waals surface area contributed by atoms with Gasteiger partial charge in [-0.2, -0.15) is 0 Å². The molecule has 3 rings (SSSR count). The Labute approximate surface area is 177 Å². The number of hydrogen-bond donors (Lipinski definition) is 1. The van der Waals surface area contributed by atoms with E-state index >= 15 is 0 Å². The van der Waals surface area contributed by atoms with E-state index in [-0.39, 0.29) is 30.3 Å². The van der Waals surface area contributed by atoms with Crippen molar-refractivity contribution in [3.8, 4) is 11.5 Å². The van der Waals surface area contributed by atoms with Crippen LogP contribution in [0.2, 0.25) is 5.02 Å². The Kier molecular flexibility index (Phi) is 6.58. The molecule has 156 valence electrons. The van der Waals surface area contributed by atoms with E-state index in [9.17, 15) is 14.4 Å². The number of carbonyl (C=O) groups excluding carboxylic acids is 3. The zero-order valence-electron chi connectivity index (χ0n) is 16.3. The first-order chi connectivity index (χ1) is 14.4. The van der Waals surface area contributed by atoms with Crippen molar-refractivity contribution >= 4 is 41.1 Å². The van der Waals surface area contributed by atoms with Crippen LogP contribution in [-0.2, 0) is 19.1 Å². The highest BCUT2D eigenvalue weighted by molar-refractivity contribution is 6.32. The largest absolute Gasteiger partial charge is 0.493 e. The summed E-state index contributed by atoms with van der Waals surface area (Å²) in [6.07, 6.45) is 1.34. The van der Waals surface area contributed by atoms with E-state index in [1.807, 2.05) is 0 Å². The molecule has 1 heterocycles. The van der Waals surface area contributed by atoms with Crippen LogP contribution in [0.15, 0.2) is 48.0 Å². The number of hydrogen-bond acceptors (Lipinski definition) is 6. The van der Waals surface area contributed by atoms with E-state index in [4.69, 9.17) is 25.8 Å². The summed E-state index contributed by atoms with van der Waals surface area (Å²) < 4.78 is 15.7. The van der Waals surface area contributed by atoms with Gasteiger partial charge in [0.15, 0.2) is 18.1 Å². The fourth-order valence-electron chi connectivity index (χ4n) is 2.81. The lowest BCUT2D eigenvalue weighted by Crippen LogP contribution is -2.35. The smallest absolute Gasteiger partial charge is 0.344 e. The zero-order valence-corrected chi connectivity index (χ0v) is 17.1. The van der Waals surface area contributed by atoms with E-state index in [1.165, 1.54) is 25.3 Å². The van der Waals surface area contributed by atoms with Gasteiger partial charge in [-0.15, -0.1) is 0 Å². The summed E-state index contributed by atoms with van der Waals surface area (Å²) in [5.41, 5.74) is 3.21. The molecular weight excluding hydrogens is 412 g/mol. The molecule has 9 heteroatoms. The lowest BCUT2D eigenvalue weighted by atomic mass is 10.1. The van der Waals surface area contributed by atoms with Gasteiger partial charge in [0.05, 0.1) is 19.4 Å². The predicted molar refractivity (Wildman–Crippen MR) is 110 cm³/mol. The first kappa shape index (κ1) is 21.2. The Morgan fingerprint density at radius 2 is 1.93 bits per heavy atom. The third-order valence-corrected chi connectivity index (χ3v) is 4.33. The summed E-state index contributed by atoms with van der Waals surface area (Å²) in [5, 5.41) is 1.45. The monoisotopic (exact) mass is 430 g/mol. The van der Waals surface area contributed by atoms with Crippen LogP contribution in [0.1, 0.15) is 12.5 Å². The Morgan fingerprint density at radius 3 is 2.60 bits per heavy atom. The third-order valence-electron chi connectivity index (χ3n) is 4.11. The highest BCUT2D eigenvalue weighted by Crippen LogP contribution is 2.36. The van der Waals surface area contributed by atoms with Crippen molar-refractivity contribution < 1.29 is 28.6 Å². The van der Waals surface area contributed by atoms with Crippen LogP contribution < -0.4 is 19.9 Å². The molecule has 0 bridgehead atoms. The van der Waals surface area contributed by atoms with Crippen LogP contribution in [0.25, 0.3) is 6.08 Å². The van der Waals surface area contributed by atoms with Gasteiger partial charge in [0, 0.05) is 16.7 Å². The molecule has 1 aliphatic heterocycles. The minimum absolute atomic E-state index is 0.121.